The lowest BCUT2D eigenvalue weighted by atomic mass is 10.1. The molecular weight excluding hydrogens is 150 g/mol. The topological polar surface area (TPSA) is 29.1 Å². The second-order valence-electron chi connectivity index (χ2n) is 2.92. The van der Waals surface area contributed by atoms with E-state index in [9.17, 15) is 4.79 Å². The maximum Gasteiger partial charge on any atom is 0.219 e. The molecule has 0 aromatic carbocycles. The summed E-state index contributed by atoms with van der Waals surface area (Å²) in [6.45, 7) is 2.58. The second-order valence-corrected chi connectivity index (χ2v) is 2.92. The number of hydrogen-bond acceptors (Lipinski definition) is 1. The molecule has 0 aliphatic heterocycles. The molecule has 0 heterocycles. The molecule has 0 atom stereocenters. The Labute approximate surface area is 73.4 Å². The van der Waals surface area contributed by atoms with Crippen molar-refractivity contribution in [1.29, 1.82) is 0 Å². The third-order valence-electron chi connectivity index (χ3n) is 1.93. The fourth-order valence-electron chi connectivity index (χ4n) is 1.14. The first-order valence-corrected chi connectivity index (χ1v) is 4.44. The summed E-state index contributed by atoms with van der Waals surface area (Å²) in [5, 5.41) is 2.86. The molecule has 0 unspecified atom stereocenters. The zero-order valence-electron chi connectivity index (χ0n) is 7.47. The van der Waals surface area contributed by atoms with Gasteiger partial charge >= 0.3 is 0 Å². The average molecular weight is 165 g/mol. The van der Waals surface area contributed by atoms with Gasteiger partial charge in [0.25, 0.3) is 0 Å². The molecule has 0 radical (unpaired) electrons. The van der Waals surface area contributed by atoms with E-state index < -0.39 is 0 Å². The Kier molecular flexibility index (Phi) is 3.58. The third-order valence-corrected chi connectivity index (χ3v) is 1.93. The molecule has 0 saturated heterocycles. The highest BCUT2D eigenvalue weighted by Gasteiger charge is 2.01. The zero-order valence-corrected chi connectivity index (χ0v) is 7.47. The maximum absolute atomic E-state index is 10.9. The van der Waals surface area contributed by atoms with E-state index >= 15 is 0 Å². The summed E-state index contributed by atoms with van der Waals surface area (Å²) in [5.74, 6) is 0.130. The summed E-state index contributed by atoms with van der Waals surface area (Å²) < 4.78 is 0. The van der Waals surface area contributed by atoms with Crippen molar-refractivity contribution >= 4 is 5.91 Å². The van der Waals surface area contributed by atoms with Gasteiger partial charge in [0.05, 0.1) is 0 Å². The van der Waals surface area contributed by atoms with E-state index in [4.69, 9.17) is 0 Å². The number of nitrogens with one attached hydrogen (secondary N) is 1. The lowest BCUT2D eigenvalue weighted by molar-refractivity contribution is -0.120. The van der Waals surface area contributed by atoms with Gasteiger partial charge in [0.15, 0.2) is 0 Å². The number of amides is 1. The minimum atomic E-state index is 0.130. The number of carbonyl (C=O) groups excluding carboxylic acids is 1. The van der Waals surface area contributed by atoms with Crippen molar-refractivity contribution in [3.8, 4) is 0 Å². The Bertz CT molecular complexity index is 216. The molecule has 12 heavy (non-hydrogen) atoms. The Balaban J connectivity index is 2.27. The van der Waals surface area contributed by atoms with Crippen LogP contribution in [0.2, 0.25) is 0 Å². The smallest absolute Gasteiger partial charge is 0.219 e. The fourth-order valence-corrected chi connectivity index (χ4v) is 1.14. The van der Waals surface area contributed by atoms with Crippen molar-refractivity contribution in [3.63, 3.8) is 0 Å². The van der Waals surface area contributed by atoms with Crippen molar-refractivity contribution in [3.05, 3.63) is 23.8 Å². The molecule has 1 N–H and O–H groups in total. The van der Waals surface area contributed by atoms with E-state index in [-0.39, 0.29) is 5.91 Å². The summed E-state index contributed by atoms with van der Waals surface area (Å²) >= 11 is 0. The SMILES string of the molecule is CCC(=O)NCC1=CC=CCC1. The summed E-state index contributed by atoms with van der Waals surface area (Å²) in [7, 11) is 0. The molecular formula is C10H15NO. The molecule has 2 nitrogen and oxygen atoms in total. The molecule has 1 aliphatic rings. The zero-order chi connectivity index (χ0) is 8.81. The molecule has 0 saturated carbocycles. The highest BCUT2D eigenvalue weighted by atomic mass is 16.1. The third kappa shape index (κ3) is 2.91. The van der Waals surface area contributed by atoms with Crippen LogP contribution in [0.3, 0.4) is 0 Å². The van der Waals surface area contributed by atoms with Crippen LogP contribution in [0.1, 0.15) is 26.2 Å². The predicted octanol–water partition coefficient (Wildman–Crippen LogP) is 1.79. The molecule has 2 heteroatoms. The molecule has 1 amide bonds. The van der Waals surface area contributed by atoms with Crippen molar-refractivity contribution < 1.29 is 4.79 Å². The highest BCUT2D eigenvalue weighted by Crippen LogP contribution is 2.09. The van der Waals surface area contributed by atoms with Gasteiger partial charge in [-0.1, -0.05) is 30.7 Å². The van der Waals surface area contributed by atoms with Crippen LogP contribution in [0.15, 0.2) is 23.8 Å². The van der Waals surface area contributed by atoms with E-state index in [0.29, 0.717) is 6.42 Å². The van der Waals surface area contributed by atoms with Gasteiger partial charge in [0.2, 0.25) is 5.91 Å². The highest BCUT2D eigenvalue weighted by molar-refractivity contribution is 5.75. The number of allylic oxidation sites excluding steroid dienone is 3. The molecule has 0 aromatic heterocycles. The number of hydrogen-bond donors (Lipinski definition) is 1. The molecule has 0 aromatic rings. The first-order chi connectivity index (χ1) is 5.83. The summed E-state index contributed by atoms with van der Waals surface area (Å²) in [6.07, 6.45) is 9.04. The predicted molar refractivity (Wildman–Crippen MR) is 49.8 cm³/mol. The van der Waals surface area contributed by atoms with Gasteiger partial charge in [0, 0.05) is 13.0 Å². The van der Waals surface area contributed by atoms with Crippen LogP contribution in [0.4, 0.5) is 0 Å². The summed E-state index contributed by atoms with van der Waals surface area (Å²) in [4.78, 5) is 10.9. The van der Waals surface area contributed by atoms with Crippen LogP contribution in [-0.4, -0.2) is 12.5 Å². The minimum Gasteiger partial charge on any atom is -0.352 e. The molecule has 0 spiro atoms. The van der Waals surface area contributed by atoms with Crippen LogP contribution in [0.5, 0.6) is 0 Å². The second kappa shape index (κ2) is 4.75. The Morgan fingerprint density at radius 1 is 1.67 bits per heavy atom. The molecule has 66 valence electrons. The first-order valence-electron chi connectivity index (χ1n) is 4.44. The molecule has 1 aliphatic carbocycles. The van der Waals surface area contributed by atoms with Crippen molar-refractivity contribution in [1.82, 2.24) is 5.32 Å². The minimum absolute atomic E-state index is 0.130. The van der Waals surface area contributed by atoms with Crippen LogP contribution in [-0.2, 0) is 4.79 Å². The Morgan fingerprint density at radius 3 is 3.08 bits per heavy atom. The fraction of sp³-hybridized carbons (Fsp3) is 0.500. The van der Waals surface area contributed by atoms with Crippen LogP contribution >= 0.6 is 0 Å². The van der Waals surface area contributed by atoms with Crippen LogP contribution in [0, 0.1) is 0 Å². The van der Waals surface area contributed by atoms with Crippen LogP contribution in [0.25, 0.3) is 0 Å². The summed E-state index contributed by atoms with van der Waals surface area (Å²) in [6, 6.07) is 0. The van der Waals surface area contributed by atoms with Gasteiger partial charge in [-0.15, -0.1) is 0 Å². The Hall–Kier alpha value is -1.05. The van der Waals surface area contributed by atoms with E-state index in [1.54, 1.807) is 0 Å². The van der Waals surface area contributed by atoms with Gasteiger partial charge in [0.1, 0.15) is 0 Å². The van der Waals surface area contributed by atoms with Gasteiger partial charge in [-0.25, -0.2) is 0 Å². The standard InChI is InChI=1S/C10H15NO/c1-2-10(12)11-8-9-6-4-3-5-7-9/h3-4,6H,2,5,7-8H2,1H3,(H,11,12). The van der Waals surface area contributed by atoms with Crippen molar-refractivity contribution in [2.75, 3.05) is 6.54 Å². The summed E-state index contributed by atoms with van der Waals surface area (Å²) in [5.41, 5.74) is 1.32. The largest absolute Gasteiger partial charge is 0.352 e. The van der Waals surface area contributed by atoms with Crippen molar-refractivity contribution in [2.24, 2.45) is 0 Å². The van der Waals surface area contributed by atoms with Gasteiger partial charge in [-0.2, -0.15) is 0 Å². The molecule has 1 rings (SSSR count). The number of carbonyl (C=O) groups is 1. The molecule has 0 fully saturated rings. The molecule has 0 bridgehead atoms. The van der Waals surface area contributed by atoms with E-state index in [0.717, 1.165) is 19.4 Å². The van der Waals surface area contributed by atoms with Gasteiger partial charge in [-0.05, 0) is 12.8 Å². The number of rotatable bonds is 3. The van der Waals surface area contributed by atoms with Crippen LogP contribution < -0.4 is 5.32 Å². The normalized spacial score (nSPS) is 15.6. The maximum atomic E-state index is 10.9. The lowest BCUT2D eigenvalue weighted by Gasteiger charge is -2.09. The van der Waals surface area contributed by atoms with Crippen molar-refractivity contribution in [2.45, 2.75) is 26.2 Å². The van der Waals surface area contributed by atoms with Gasteiger partial charge in [-0.3, -0.25) is 4.79 Å². The van der Waals surface area contributed by atoms with E-state index in [1.807, 2.05) is 6.92 Å². The quantitative estimate of drug-likeness (QED) is 0.678. The lowest BCUT2D eigenvalue weighted by Crippen LogP contribution is -2.24. The Morgan fingerprint density at radius 2 is 2.50 bits per heavy atom. The van der Waals surface area contributed by atoms with E-state index in [1.165, 1.54) is 5.57 Å². The van der Waals surface area contributed by atoms with E-state index in [2.05, 4.69) is 23.5 Å². The van der Waals surface area contributed by atoms with Gasteiger partial charge < -0.3 is 5.32 Å². The average Bonchev–Trinajstić information content (AvgIpc) is 2.16. The first kappa shape index (κ1) is 9.04. The monoisotopic (exact) mass is 165 g/mol.